The normalized spacial score (nSPS) is 12.4. The molecule has 0 aromatic heterocycles. The van der Waals surface area contributed by atoms with E-state index in [1.165, 1.54) is 13.0 Å². The van der Waals surface area contributed by atoms with E-state index in [9.17, 15) is 4.79 Å². The SMILES string of the molecule is C/C(=C\CC(O)CN)C(=O)O.C=CCN. The highest BCUT2D eigenvalue weighted by Gasteiger charge is 2.01. The zero-order chi connectivity index (χ0) is 12.3. The molecular weight excluding hydrogens is 196 g/mol. The Labute approximate surface area is 90.1 Å². The molecule has 0 aromatic carbocycles. The highest BCUT2D eigenvalue weighted by molar-refractivity contribution is 5.85. The second kappa shape index (κ2) is 10.9. The first kappa shape index (κ1) is 16.3. The third-order valence-electron chi connectivity index (χ3n) is 1.47. The summed E-state index contributed by atoms with van der Waals surface area (Å²) in [5, 5.41) is 17.3. The number of carboxylic acid groups (broad SMARTS) is 1. The van der Waals surface area contributed by atoms with Gasteiger partial charge in [-0.1, -0.05) is 12.2 Å². The fraction of sp³-hybridized carbons (Fsp3) is 0.500. The molecule has 5 nitrogen and oxygen atoms in total. The topological polar surface area (TPSA) is 110 Å². The Kier molecular flexibility index (Phi) is 11.8. The van der Waals surface area contributed by atoms with Crippen LogP contribution in [-0.4, -0.2) is 35.4 Å². The number of nitrogens with two attached hydrogens (primary N) is 2. The zero-order valence-electron chi connectivity index (χ0n) is 9.02. The van der Waals surface area contributed by atoms with E-state index in [0.29, 0.717) is 13.0 Å². The van der Waals surface area contributed by atoms with Gasteiger partial charge in [-0.25, -0.2) is 4.79 Å². The molecule has 15 heavy (non-hydrogen) atoms. The summed E-state index contributed by atoms with van der Waals surface area (Å²) in [7, 11) is 0. The van der Waals surface area contributed by atoms with Crippen LogP contribution in [0, 0.1) is 0 Å². The van der Waals surface area contributed by atoms with Gasteiger partial charge in [0.2, 0.25) is 0 Å². The lowest BCUT2D eigenvalue weighted by molar-refractivity contribution is -0.132. The second-order valence-electron chi connectivity index (χ2n) is 2.84. The molecule has 0 aliphatic rings. The third-order valence-corrected chi connectivity index (χ3v) is 1.47. The lowest BCUT2D eigenvalue weighted by Crippen LogP contribution is -2.18. The molecule has 0 aliphatic carbocycles. The molecule has 0 aliphatic heterocycles. The molecule has 0 rings (SSSR count). The molecule has 0 aromatic rings. The van der Waals surface area contributed by atoms with Crippen molar-refractivity contribution in [3.63, 3.8) is 0 Å². The molecule has 6 N–H and O–H groups in total. The lowest BCUT2D eigenvalue weighted by Gasteiger charge is -2.02. The van der Waals surface area contributed by atoms with Crippen molar-refractivity contribution in [2.45, 2.75) is 19.4 Å². The number of rotatable bonds is 5. The number of carbonyl (C=O) groups is 1. The monoisotopic (exact) mass is 216 g/mol. The van der Waals surface area contributed by atoms with E-state index in [1.54, 1.807) is 6.08 Å². The summed E-state index contributed by atoms with van der Waals surface area (Å²) >= 11 is 0. The van der Waals surface area contributed by atoms with E-state index in [-0.39, 0.29) is 12.1 Å². The van der Waals surface area contributed by atoms with Crippen molar-refractivity contribution in [3.05, 3.63) is 24.3 Å². The molecule has 0 amide bonds. The first-order chi connectivity index (χ1) is 6.99. The lowest BCUT2D eigenvalue weighted by atomic mass is 10.2. The minimum absolute atomic E-state index is 0.156. The second-order valence-corrected chi connectivity index (χ2v) is 2.84. The van der Waals surface area contributed by atoms with Crippen molar-refractivity contribution in [1.82, 2.24) is 0 Å². The largest absolute Gasteiger partial charge is 0.478 e. The molecular formula is C10H20N2O3. The third kappa shape index (κ3) is 12.8. The van der Waals surface area contributed by atoms with Crippen molar-refractivity contribution in [1.29, 1.82) is 0 Å². The van der Waals surface area contributed by atoms with Gasteiger partial charge in [0.05, 0.1) is 6.10 Å². The van der Waals surface area contributed by atoms with Crippen LogP contribution in [0.2, 0.25) is 0 Å². The summed E-state index contributed by atoms with van der Waals surface area (Å²) in [5.74, 6) is -0.964. The molecule has 0 bridgehead atoms. The van der Waals surface area contributed by atoms with Crippen molar-refractivity contribution in [3.8, 4) is 0 Å². The zero-order valence-corrected chi connectivity index (χ0v) is 9.02. The molecule has 0 saturated heterocycles. The van der Waals surface area contributed by atoms with Crippen LogP contribution < -0.4 is 11.5 Å². The van der Waals surface area contributed by atoms with Gasteiger partial charge >= 0.3 is 5.97 Å². The van der Waals surface area contributed by atoms with Crippen LogP contribution in [0.25, 0.3) is 0 Å². The van der Waals surface area contributed by atoms with Crippen molar-refractivity contribution < 1.29 is 15.0 Å². The van der Waals surface area contributed by atoms with E-state index in [4.69, 9.17) is 21.7 Å². The Bertz CT molecular complexity index is 215. The van der Waals surface area contributed by atoms with E-state index < -0.39 is 12.1 Å². The van der Waals surface area contributed by atoms with Crippen LogP contribution in [0.15, 0.2) is 24.3 Å². The summed E-state index contributed by atoms with van der Waals surface area (Å²) in [6.07, 6.45) is 2.78. The van der Waals surface area contributed by atoms with E-state index in [1.807, 2.05) is 0 Å². The number of carboxylic acids is 1. The maximum absolute atomic E-state index is 10.2. The molecule has 0 saturated carbocycles. The van der Waals surface area contributed by atoms with Gasteiger partial charge in [-0.05, 0) is 13.3 Å². The van der Waals surface area contributed by atoms with Crippen molar-refractivity contribution >= 4 is 5.97 Å². The van der Waals surface area contributed by atoms with Gasteiger partial charge in [-0.3, -0.25) is 0 Å². The van der Waals surface area contributed by atoms with Crippen molar-refractivity contribution in [2.24, 2.45) is 11.5 Å². The molecule has 5 heteroatoms. The maximum Gasteiger partial charge on any atom is 0.330 e. The van der Waals surface area contributed by atoms with Gasteiger partial charge in [0.25, 0.3) is 0 Å². The first-order valence-corrected chi connectivity index (χ1v) is 4.58. The molecule has 0 spiro atoms. The Hall–Kier alpha value is -1.17. The average Bonchev–Trinajstić information content (AvgIpc) is 2.25. The number of aliphatic hydroxyl groups excluding tert-OH is 1. The Morgan fingerprint density at radius 3 is 2.27 bits per heavy atom. The van der Waals surface area contributed by atoms with E-state index in [0.717, 1.165) is 0 Å². The Morgan fingerprint density at radius 2 is 2.00 bits per heavy atom. The standard InChI is InChI=1S/C7H13NO3.C3H7N/c1-5(7(10)11)2-3-6(9)4-8;1-2-3-4/h2,6,9H,3-4,8H2,1H3,(H,10,11);2H,1,3-4H2/b5-2+;. The molecule has 1 unspecified atom stereocenters. The number of aliphatic hydroxyl groups is 1. The van der Waals surface area contributed by atoms with E-state index >= 15 is 0 Å². The van der Waals surface area contributed by atoms with Gasteiger partial charge in [0.15, 0.2) is 0 Å². The maximum atomic E-state index is 10.2. The summed E-state index contributed by atoms with van der Waals surface area (Å²) in [6, 6.07) is 0. The molecule has 1 atom stereocenters. The van der Waals surface area contributed by atoms with E-state index in [2.05, 4.69) is 6.58 Å². The van der Waals surface area contributed by atoms with Crippen LogP contribution in [0.5, 0.6) is 0 Å². The van der Waals surface area contributed by atoms with Gasteiger partial charge < -0.3 is 21.7 Å². The molecule has 88 valence electrons. The van der Waals surface area contributed by atoms with Gasteiger partial charge in [0, 0.05) is 18.7 Å². The number of hydrogen-bond acceptors (Lipinski definition) is 4. The van der Waals surface area contributed by atoms with Crippen molar-refractivity contribution in [2.75, 3.05) is 13.1 Å². The van der Waals surface area contributed by atoms with Crippen LogP contribution in [0.1, 0.15) is 13.3 Å². The Balaban J connectivity index is 0. The average molecular weight is 216 g/mol. The quantitative estimate of drug-likeness (QED) is 0.377. The molecule has 0 heterocycles. The van der Waals surface area contributed by atoms with Crippen LogP contribution in [0.4, 0.5) is 0 Å². The molecule has 0 radical (unpaired) electrons. The van der Waals surface area contributed by atoms with Gasteiger partial charge in [-0.15, -0.1) is 6.58 Å². The summed E-state index contributed by atoms with van der Waals surface area (Å²) < 4.78 is 0. The first-order valence-electron chi connectivity index (χ1n) is 4.58. The highest BCUT2D eigenvalue weighted by atomic mass is 16.4. The predicted molar refractivity (Wildman–Crippen MR) is 60.3 cm³/mol. The van der Waals surface area contributed by atoms with Gasteiger partial charge in [-0.2, -0.15) is 0 Å². The van der Waals surface area contributed by atoms with Crippen LogP contribution in [0.3, 0.4) is 0 Å². The van der Waals surface area contributed by atoms with Crippen LogP contribution in [-0.2, 0) is 4.79 Å². The summed E-state index contributed by atoms with van der Waals surface area (Å²) in [4.78, 5) is 10.2. The number of aliphatic carboxylic acids is 1. The fourth-order valence-electron chi connectivity index (χ4n) is 0.496. The highest BCUT2D eigenvalue weighted by Crippen LogP contribution is 1.97. The smallest absolute Gasteiger partial charge is 0.330 e. The van der Waals surface area contributed by atoms with Crippen LogP contribution >= 0.6 is 0 Å². The Morgan fingerprint density at radius 1 is 1.53 bits per heavy atom. The summed E-state index contributed by atoms with van der Waals surface area (Å²) in [6.45, 7) is 5.57. The van der Waals surface area contributed by atoms with Gasteiger partial charge in [0.1, 0.15) is 0 Å². The number of hydrogen-bond donors (Lipinski definition) is 4. The molecule has 0 fully saturated rings. The summed E-state index contributed by atoms with van der Waals surface area (Å²) in [5.41, 5.74) is 10.3. The predicted octanol–water partition coefficient (Wildman–Crippen LogP) is -0.142. The minimum atomic E-state index is -0.964. The fourth-order valence-corrected chi connectivity index (χ4v) is 0.496. The minimum Gasteiger partial charge on any atom is -0.478 e.